The van der Waals surface area contributed by atoms with Crippen molar-refractivity contribution in [2.45, 2.75) is 32.8 Å². The number of ether oxygens (including phenoxy) is 3. The summed E-state index contributed by atoms with van der Waals surface area (Å²) < 4.78 is 16.7. The van der Waals surface area contributed by atoms with Crippen molar-refractivity contribution in [3.8, 4) is 17.2 Å². The van der Waals surface area contributed by atoms with Crippen molar-refractivity contribution in [1.82, 2.24) is 0 Å². The highest BCUT2D eigenvalue weighted by Gasteiger charge is 2.22. The molecule has 0 fully saturated rings. The van der Waals surface area contributed by atoms with Crippen LogP contribution < -0.4 is 19.5 Å². The minimum Gasteiger partial charge on any atom is -0.497 e. The molecular weight excluding hydrogens is 318 g/mol. The van der Waals surface area contributed by atoms with E-state index in [-0.39, 0.29) is 18.4 Å². The summed E-state index contributed by atoms with van der Waals surface area (Å²) in [6, 6.07) is 11.3. The van der Waals surface area contributed by atoms with Gasteiger partial charge in [-0.15, -0.1) is 0 Å². The zero-order valence-corrected chi connectivity index (χ0v) is 14.8. The van der Waals surface area contributed by atoms with E-state index in [1.807, 2.05) is 50.2 Å². The molecule has 2 aromatic rings. The minimum atomic E-state index is -0.111. The summed E-state index contributed by atoms with van der Waals surface area (Å²) in [5, 5.41) is 2.94. The summed E-state index contributed by atoms with van der Waals surface area (Å²) in [4.78, 5) is 12.5. The molecule has 132 valence electrons. The first-order chi connectivity index (χ1) is 12.1. The van der Waals surface area contributed by atoms with Crippen LogP contribution in [0.1, 0.15) is 25.0 Å². The standard InChI is InChI=1S/C20H23NO4/c1-4-24-19-11-15-8-13(2)25-18(15)12-17(19)21-20(22)10-14-6-5-7-16(9-14)23-3/h5-7,9,11-13H,4,8,10H2,1-3H3,(H,21,22). The molecule has 2 aromatic carbocycles. The third kappa shape index (κ3) is 4.05. The van der Waals surface area contributed by atoms with E-state index in [0.29, 0.717) is 18.0 Å². The fourth-order valence-electron chi connectivity index (χ4n) is 2.97. The Morgan fingerprint density at radius 2 is 2.16 bits per heavy atom. The molecule has 1 aliphatic heterocycles. The molecule has 5 nitrogen and oxygen atoms in total. The van der Waals surface area contributed by atoms with Crippen molar-refractivity contribution < 1.29 is 19.0 Å². The molecule has 1 unspecified atom stereocenters. The zero-order valence-electron chi connectivity index (χ0n) is 14.8. The zero-order chi connectivity index (χ0) is 17.8. The Hall–Kier alpha value is -2.69. The second kappa shape index (κ2) is 7.47. The molecule has 0 bridgehead atoms. The van der Waals surface area contributed by atoms with E-state index in [1.165, 1.54) is 0 Å². The number of carbonyl (C=O) groups is 1. The maximum absolute atomic E-state index is 12.5. The average Bonchev–Trinajstić information content (AvgIpc) is 2.94. The van der Waals surface area contributed by atoms with Gasteiger partial charge in [0.25, 0.3) is 0 Å². The van der Waals surface area contributed by atoms with E-state index in [9.17, 15) is 4.79 Å². The lowest BCUT2D eigenvalue weighted by Gasteiger charge is -2.14. The Morgan fingerprint density at radius 3 is 2.92 bits per heavy atom. The number of hydrogen-bond acceptors (Lipinski definition) is 4. The van der Waals surface area contributed by atoms with Crippen molar-refractivity contribution >= 4 is 11.6 Å². The van der Waals surface area contributed by atoms with Crippen molar-refractivity contribution in [3.63, 3.8) is 0 Å². The van der Waals surface area contributed by atoms with Gasteiger partial charge in [-0.2, -0.15) is 0 Å². The van der Waals surface area contributed by atoms with Gasteiger partial charge in [-0.1, -0.05) is 12.1 Å². The summed E-state index contributed by atoms with van der Waals surface area (Å²) in [6.07, 6.45) is 1.26. The van der Waals surface area contributed by atoms with Crippen molar-refractivity contribution in [1.29, 1.82) is 0 Å². The molecule has 0 saturated heterocycles. The van der Waals surface area contributed by atoms with E-state index < -0.39 is 0 Å². The fraction of sp³-hybridized carbons (Fsp3) is 0.350. The van der Waals surface area contributed by atoms with Crippen LogP contribution in [-0.2, 0) is 17.6 Å². The Bertz CT molecular complexity index is 772. The maximum atomic E-state index is 12.5. The summed E-state index contributed by atoms with van der Waals surface area (Å²) in [6.45, 7) is 4.49. The fourth-order valence-corrected chi connectivity index (χ4v) is 2.97. The second-order valence-corrected chi connectivity index (χ2v) is 6.10. The van der Waals surface area contributed by atoms with Gasteiger partial charge >= 0.3 is 0 Å². The molecule has 0 spiro atoms. The molecule has 0 saturated carbocycles. The highest BCUT2D eigenvalue weighted by atomic mass is 16.5. The molecular formula is C20H23NO4. The van der Waals surface area contributed by atoms with Gasteiger partial charge in [0.05, 0.1) is 25.8 Å². The smallest absolute Gasteiger partial charge is 0.228 e. The van der Waals surface area contributed by atoms with Gasteiger partial charge in [-0.25, -0.2) is 0 Å². The van der Waals surface area contributed by atoms with E-state index in [0.717, 1.165) is 29.0 Å². The molecule has 1 atom stereocenters. The third-order valence-electron chi connectivity index (χ3n) is 4.07. The van der Waals surface area contributed by atoms with Crippen LogP contribution in [0.15, 0.2) is 36.4 Å². The van der Waals surface area contributed by atoms with Crippen LogP contribution in [0.4, 0.5) is 5.69 Å². The molecule has 0 radical (unpaired) electrons. The quantitative estimate of drug-likeness (QED) is 0.872. The number of methoxy groups -OCH3 is 1. The third-order valence-corrected chi connectivity index (χ3v) is 4.07. The molecule has 0 aromatic heterocycles. The van der Waals surface area contributed by atoms with Crippen molar-refractivity contribution in [2.24, 2.45) is 0 Å². The topological polar surface area (TPSA) is 56.8 Å². The first-order valence-corrected chi connectivity index (χ1v) is 8.48. The second-order valence-electron chi connectivity index (χ2n) is 6.10. The Morgan fingerprint density at radius 1 is 1.32 bits per heavy atom. The molecule has 1 aliphatic rings. The van der Waals surface area contributed by atoms with Crippen LogP contribution in [0.3, 0.4) is 0 Å². The summed E-state index contributed by atoms with van der Waals surface area (Å²) in [5.74, 6) is 2.12. The van der Waals surface area contributed by atoms with Gasteiger partial charge in [0, 0.05) is 18.1 Å². The minimum absolute atomic E-state index is 0.111. The predicted octanol–water partition coefficient (Wildman–Crippen LogP) is 3.60. The van der Waals surface area contributed by atoms with E-state index >= 15 is 0 Å². The first kappa shape index (κ1) is 17.1. The lowest BCUT2D eigenvalue weighted by molar-refractivity contribution is -0.115. The van der Waals surface area contributed by atoms with Crippen LogP contribution in [0, 0.1) is 0 Å². The van der Waals surface area contributed by atoms with Crippen LogP contribution >= 0.6 is 0 Å². The number of carbonyl (C=O) groups excluding carboxylic acids is 1. The van der Waals surface area contributed by atoms with E-state index in [4.69, 9.17) is 14.2 Å². The first-order valence-electron chi connectivity index (χ1n) is 8.48. The largest absolute Gasteiger partial charge is 0.497 e. The number of hydrogen-bond donors (Lipinski definition) is 1. The Labute approximate surface area is 147 Å². The van der Waals surface area contributed by atoms with Gasteiger partial charge in [-0.3, -0.25) is 4.79 Å². The summed E-state index contributed by atoms with van der Waals surface area (Å²) in [5.41, 5.74) is 2.64. The number of anilines is 1. The predicted molar refractivity (Wildman–Crippen MR) is 96.7 cm³/mol. The average molecular weight is 341 g/mol. The number of fused-ring (bicyclic) bond motifs is 1. The highest BCUT2D eigenvalue weighted by Crippen LogP contribution is 2.38. The summed E-state index contributed by atoms with van der Waals surface area (Å²) >= 11 is 0. The Balaban J connectivity index is 1.77. The number of nitrogens with one attached hydrogen (secondary N) is 1. The number of benzene rings is 2. The maximum Gasteiger partial charge on any atom is 0.228 e. The van der Waals surface area contributed by atoms with Crippen LogP contribution in [0.25, 0.3) is 0 Å². The normalized spacial score (nSPS) is 15.2. The van der Waals surface area contributed by atoms with E-state index in [2.05, 4.69) is 5.32 Å². The summed E-state index contributed by atoms with van der Waals surface area (Å²) in [7, 11) is 1.61. The van der Waals surface area contributed by atoms with Crippen LogP contribution in [0.5, 0.6) is 17.2 Å². The van der Waals surface area contributed by atoms with Gasteiger partial charge < -0.3 is 19.5 Å². The molecule has 3 rings (SSSR count). The number of rotatable bonds is 6. The SMILES string of the molecule is CCOc1cc2c(cc1NC(=O)Cc1cccc(OC)c1)OC(C)C2. The van der Waals surface area contributed by atoms with Gasteiger partial charge in [-0.05, 0) is 37.6 Å². The van der Waals surface area contributed by atoms with Crippen LogP contribution in [-0.4, -0.2) is 25.7 Å². The molecule has 5 heteroatoms. The van der Waals surface area contributed by atoms with Crippen molar-refractivity contribution in [3.05, 3.63) is 47.5 Å². The molecule has 1 amide bonds. The lowest BCUT2D eigenvalue weighted by Crippen LogP contribution is -2.15. The van der Waals surface area contributed by atoms with E-state index in [1.54, 1.807) is 7.11 Å². The lowest BCUT2D eigenvalue weighted by atomic mass is 10.1. The van der Waals surface area contributed by atoms with Crippen LogP contribution in [0.2, 0.25) is 0 Å². The molecule has 1 heterocycles. The molecule has 1 N–H and O–H groups in total. The molecule has 0 aliphatic carbocycles. The molecule has 25 heavy (non-hydrogen) atoms. The monoisotopic (exact) mass is 341 g/mol. The van der Waals surface area contributed by atoms with Gasteiger partial charge in [0.2, 0.25) is 5.91 Å². The number of amides is 1. The Kier molecular flexibility index (Phi) is 5.12. The van der Waals surface area contributed by atoms with Gasteiger partial charge in [0.15, 0.2) is 0 Å². The van der Waals surface area contributed by atoms with Gasteiger partial charge in [0.1, 0.15) is 23.4 Å². The highest BCUT2D eigenvalue weighted by molar-refractivity contribution is 5.94. The van der Waals surface area contributed by atoms with Crippen molar-refractivity contribution in [2.75, 3.05) is 19.0 Å².